The summed E-state index contributed by atoms with van der Waals surface area (Å²) in [6, 6.07) is 3.86. The van der Waals surface area contributed by atoms with Crippen LogP contribution in [0.2, 0.25) is 5.02 Å². The van der Waals surface area contributed by atoms with Gasteiger partial charge in [0.1, 0.15) is 11.6 Å². The number of benzene rings is 1. The molecular weight excluding hydrogens is 229 g/mol. The van der Waals surface area contributed by atoms with Crippen LogP contribution in [0, 0.1) is 5.82 Å². The van der Waals surface area contributed by atoms with E-state index in [0.29, 0.717) is 16.4 Å². The van der Waals surface area contributed by atoms with Crippen LogP contribution in [-0.2, 0) is 7.05 Å². The summed E-state index contributed by atoms with van der Waals surface area (Å²) < 4.78 is 15.4. The Kier molecular flexibility index (Phi) is 2.94. The topological polar surface area (TPSA) is 43.8 Å². The summed E-state index contributed by atoms with van der Waals surface area (Å²) in [5, 5.41) is 0.355. The highest BCUT2D eigenvalue weighted by atomic mass is 35.5. The SMILES string of the molecule is Cn1ccnc1C(N)c1ccc(Cl)cc1F. The van der Waals surface area contributed by atoms with E-state index in [1.54, 1.807) is 29.1 Å². The second kappa shape index (κ2) is 4.23. The lowest BCUT2D eigenvalue weighted by Crippen LogP contribution is -2.17. The number of aryl methyl sites for hydroxylation is 1. The Bertz CT molecular complexity index is 510. The number of hydrogen-bond acceptors (Lipinski definition) is 2. The molecule has 1 aromatic carbocycles. The quantitative estimate of drug-likeness (QED) is 0.874. The molecule has 0 aliphatic carbocycles. The van der Waals surface area contributed by atoms with Crippen LogP contribution >= 0.6 is 11.6 Å². The molecule has 2 aromatic rings. The van der Waals surface area contributed by atoms with Gasteiger partial charge in [-0.15, -0.1) is 0 Å². The van der Waals surface area contributed by atoms with Gasteiger partial charge in [-0.1, -0.05) is 17.7 Å². The minimum Gasteiger partial charge on any atom is -0.336 e. The van der Waals surface area contributed by atoms with E-state index in [4.69, 9.17) is 17.3 Å². The first-order valence-corrected chi connectivity index (χ1v) is 5.15. The lowest BCUT2D eigenvalue weighted by molar-refractivity contribution is 0.588. The van der Waals surface area contributed by atoms with Crippen LogP contribution < -0.4 is 5.73 Å². The molecule has 3 nitrogen and oxygen atoms in total. The highest BCUT2D eigenvalue weighted by Gasteiger charge is 2.17. The summed E-state index contributed by atoms with van der Waals surface area (Å²) in [7, 11) is 1.82. The van der Waals surface area contributed by atoms with Crippen molar-refractivity contribution in [2.24, 2.45) is 12.8 Å². The Morgan fingerprint density at radius 1 is 1.50 bits per heavy atom. The fraction of sp³-hybridized carbons (Fsp3) is 0.182. The first-order chi connectivity index (χ1) is 7.59. The van der Waals surface area contributed by atoms with Gasteiger partial charge in [0.05, 0.1) is 6.04 Å². The van der Waals surface area contributed by atoms with Gasteiger partial charge in [-0.2, -0.15) is 0 Å². The molecule has 0 amide bonds. The summed E-state index contributed by atoms with van der Waals surface area (Å²) in [5.41, 5.74) is 6.33. The molecule has 1 heterocycles. The average molecular weight is 240 g/mol. The summed E-state index contributed by atoms with van der Waals surface area (Å²) in [5.74, 6) is 0.198. The highest BCUT2D eigenvalue weighted by molar-refractivity contribution is 6.30. The van der Waals surface area contributed by atoms with Crippen LogP contribution in [0.15, 0.2) is 30.6 Å². The minimum absolute atomic E-state index is 0.355. The van der Waals surface area contributed by atoms with Gasteiger partial charge in [-0.05, 0) is 12.1 Å². The maximum absolute atomic E-state index is 13.6. The van der Waals surface area contributed by atoms with Crippen molar-refractivity contribution in [2.75, 3.05) is 0 Å². The first kappa shape index (κ1) is 11.1. The molecule has 0 fully saturated rings. The predicted octanol–water partition coefficient (Wildman–Crippen LogP) is 2.26. The Labute approximate surface area is 97.7 Å². The fourth-order valence-corrected chi connectivity index (χ4v) is 1.73. The smallest absolute Gasteiger partial charge is 0.130 e. The number of aromatic nitrogens is 2. The maximum Gasteiger partial charge on any atom is 0.130 e. The standard InChI is InChI=1S/C11H11ClFN3/c1-16-5-4-15-11(16)10(14)8-3-2-7(12)6-9(8)13/h2-6,10H,14H2,1H3. The van der Waals surface area contributed by atoms with E-state index >= 15 is 0 Å². The zero-order chi connectivity index (χ0) is 11.7. The third kappa shape index (κ3) is 1.94. The third-order valence-corrected chi connectivity index (χ3v) is 2.67. The number of nitrogens with two attached hydrogens (primary N) is 1. The Morgan fingerprint density at radius 2 is 2.25 bits per heavy atom. The van der Waals surface area contributed by atoms with Crippen molar-refractivity contribution in [2.45, 2.75) is 6.04 Å². The summed E-state index contributed by atoms with van der Waals surface area (Å²) in [6.07, 6.45) is 3.39. The Balaban J connectivity index is 2.41. The van der Waals surface area contributed by atoms with Gasteiger partial charge in [0.25, 0.3) is 0 Å². The predicted molar refractivity (Wildman–Crippen MR) is 60.6 cm³/mol. The van der Waals surface area contributed by atoms with E-state index in [-0.39, 0.29) is 0 Å². The summed E-state index contributed by atoms with van der Waals surface area (Å²) in [4.78, 5) is 4.09. The lowest BCUT2D eigenvalue weighted by atomic mass is 10.1. The molecule has 2 rings (SSSR count). The zero-order valence-electron chi connectivity index (χ0n) is 8.69. The zero-order valence-corrected chi connectivity index (χ0v) is 9.45. The van der Waals surface area contributed by atoms with Gasteiger partial charge in [0, 0.05) is 30.0 Å². The molecule has 1 atom stereocenters. The van der Waals surface area contributed by atoms with E-state index in [9.17, 15) is 4.39 Å². The summed E-state index contributed by atoms with van der Waals surface area (Å²) in [6.45, 7) is 0. The summed E-state index contributed by atoms with van der Waals surface area (Å²) >= 11 is 5.68. The van der Waals surface area contributed by atoms with E-state index in [2.05, 4.69) is 4.98 Å². The first-order valence-electron chi connectivity index (χ1n) is 4.77. The molecule has 0 saturated carbocycles. The Morgan fingerprint density at radius 3 is 2.81 bits per heavy atom. The van der Waals surface area contributed by atoms with Gasteiger partial charge >= 0.3 is 0 Å². The van der Waals surface area contributed by atoms with Gasteiger partial charge < -0.3 is 10.3 Å². The molecular formula is C11H11ClFN3. The number of halogens is 2. The van der Waals surface area contributed by atoms with Crippen LogP contribution in [0.3, 0.4) is 0 Å². The van der Waals surface area contributed by atoms with Crippen molar-refractivity contribution in [3.63, 3.8) is 0 Å². The van der Waals surface area contributed by atoms with E-state index < -0.39 is 11.9 Å². The normalized spacial score (nSPS) is 12.8. The van der Waals surface area contributed by atoms with Crippen LogP contribution in [0.5, 0.6) is 0 Å². The minimum atomic E-state index is -0.586. The second-order valence-electron chi connectivity index (χ2n) is 3.54. The highest BCUT2D eigenvalue weighted by Crippen LogP contribution is 2.23. The molecule has 0 radical (unpaired) electrons. The molecule has 0 bridgehead atoms. The molecule has 1 unspecified atom stereocenters. The number of rotatable bonds is 2. The van der Waals surface area contributed by atoms with Crippen molar-refractivity contribution < 1.29 is 4.39 Å². The van der Waals surface area contributed by atoms with Gasteiger partial charge in [0.2, 0.25) is 0 Å². The largest absolute Gasteiger partial charge is 0.336 e. The lowest BCUT2D eigenvalue weighted by Gasteiger charge is -2.12. The molecule has 0 aliphatic heterocycles. The number of hydrogen-bond donors (Lipinski definition) is 1. The van der Waals surface area contributed by atoms with Crippen molar-refractivity contribution >= 4 is 11.6 Å². The van der Waals surface area contributed by atoms with Crippen LogP contribution in [-0.4, -0.2) is 9.55 Å². The molecule has 0 aliphatic rings. The van der Waals surface area contributed by atoms with Gasteiger partial charge in [0.15, 0.2) is 0 Å². The van der Waals surface area contributed by atoms with E-state index in [0.717, 1.165) is 0 Å². The molecule has 2 N–H and O–H groups in total. The van der Waals surface area contributed by atoms with Gasteiger partial charge in [-0.3, -0.25) is 0 Å². The molecule has 84 valence electrons. The third-order valence-electron chi connectivity index (χ3n) is 2.43. The van der Waals surface area contributed by atoms with Crippen molar-refractivity contribution in [3.8, 4) is 0 Å². The molecule has 5 heteroatoms. The number of nitrogens with zero attached hydrogens (tertiary/aromatic N) is 2. The van der Waals surface area contributed by atoms with Crippen LogP contribution in [0.25, 0.3) is 0 Å². The molecule has 1 aromatic heterocycles. The van der Waals surface area contributed by atoms with E-state index in [1.165, 1.54) is 6.07 Å². The monoisotopic (exact) mass is 239 g/mol. The van der Waals surface area contributed by atoms with E-state index in [1.807, 2.05) is 7.05 Å². The van der Waals surface area contributed by atoms with Crippen LogP contribution in [0.1, 0.15) is 17.4 Å². The fourth-order valence-electron chi connectivity index (χ4n) is 1.57. The number of imidazole rings is 1. The molecule has 16 heavy (non-hydrogen) atoms. The molecule has 0 spiro atoms. The van der Waals surface area contributed by atoms with Gasteiger partial charge in [-0.25, -0.2) is 9.37 Å². The maximum atomic E-state index is 13.6. The van der Waals surface area contributed by atoms with Crippen LogP contribution in [0.4, 0.5) is 4.39 Å². The average Bonchev–Trinajstić information content (AvgIpc) is 2.63. The van der Waals surface area contributed by atoms with Crippen molar-refractivity contribution in [1.82, 2.24) is 9.55 Å². The second-order valence-corrected chi connectivity index (χ2v) is 3.98. The van der Waals surface area contributed by atoms with Crippen molar-refractivity contribution in [1.29, 1.82) is 0 Å². The Hall–Kier alpha value is -1.39. The molecule has 0 saturated heterocycles. The van der Waals surface area contributed by atoms with Crippen molar-refractivity contribution in [3.05, 3.63) is 52.8 Å².